The van der Waals surface area contributed by atoms with Crippen molar-refractivity contribution in [3.8, 4) is 0 Å². The molecule has 7 nitrogen and oxygen atoms in total. The van der Waals surface area contributed by atoms with E-state index in [0.29, 0.717) is 17.1 Å². The van der Waals surface area contributed by atoms with Crippen LogP contribution >= 0.6 is 0 Å². The van der Waals surface area contributed by atoms with Gasteiger partial charge >= 0.3 is 5.97 Å². The van der Waals surface area contributed by atoms with Gasteiger partial charge in [0.1, 0.15) is 5.82 Å². The monoisotopic (exact) mass is 328 g/mol. The van der Waals surface area contributed by atoms with Crippen molar-refractivity contribution in [3.63, 3.8) is 0 Å². The maximum absolute atomic E-state index is 12.2. The number of nitrogens with one attached hydrogen (secondary N) is 2. The first kappa shape index (κ1) is 17.4. The standard InChI is InChI=1S/C17H20N4O3/c1-4-11(2)18-15-9-8-14(20-21-15)16(22)19-13-7-5-6-12(10-13)17(23)24-3/h5-11H,4H2,1-3H3,(H,18,21)(H,19,22). The second-order valence-electron chi connectivity index (χ2n) is 5.28. The molecule has 0 aliphatic heterocycles. The van der Waals surface area contributed by atoms with Gasteiger partial charge in [0, 0.05) is 11.7 Å². The molecule has 0 bridgehead atoms. The predicted octanol–water partition coefficient (Wildman–Crippen LogP) is 2.73. The first-order valence-electron chi connectivity index (χ1n) is 7.63. The van der Waals surface area contributed by atoms with Gasteiger partial charge in [-0.3, -0.25) is 4.79 Å². The zero-order valence-corrected chi connectivity index (χ0v) is 13.9. The van der Waals surface area contributed by atoms with E-state index in [-0.39, 0.29) is 11.7 Å². The largest absolute Gasteiger partial charge is 0.465 e. The molecular weight excluding hydrogens is 308 g/mol. The van der Waals surface area contributed by atoms with Gasteiger partial charge in [0.05, 0.1) is 12.7 Å². The van der Waals surface area contributed by atoms with Crippen molar-refractivity contribution in [3.05, 3.63) is 47.7 Å². The lowest BCUT2D eigenvalue weighted by Crippen LogP contribution is -2.17. The summed E-state index contributed by atoms with van der Waals surface area (Å²) in [7, 11) is 1.30. The topological polar surface area (TPSA) is 93.2 Å². The van der Waals surface area contributed by atoms with Gasteiger partial charge in [-0.15, -0.1) is 10.2 Å². The quantitative estimate of drug-likeness (QED) is 0.792. The maximum atomic E-state index is 12.2. The second-order valence-corrected chi connectivity index (χ2v) is 5.28. The Balaban J connectivity index is 2.06. The lowest BCUT2D eigenvalue weighted by molar-refractivity contribution is 0.0600. The molecule has 0 aliphatic rings. The lowest BCUT2D eigenvalue weighted by Gasteiger charge is -2.11. The van der Waals surface area contributed by atoms with Gasteiger partial charge in [-0.2, -0.15) is 0 Å². The second kappa shape index (κ2) is 8.05. The van der Waals surface area contributed by atoms with E-state index in [4.69, 9.17) is 0 Å². The molecule has 1 aromatic heterocycles. The molecule has 0 fully saturated rings. The lowest BCUT2D eigenvalue weighted by atomic mass is 10.2. The average Bonchev–Trinajstić information content (AvgIpc) is 2.61. The van der Waals surface area contributed by atoms with E-state index >= 15 is 0 Å². The summed E-state index contributed by atoms with van der Waals surface area (Å²) in [6.45, 7) is 4.10. The molecule has 2 rings (SSSR count). The fraction of sp³-hybridized carbons (Fsp3) is 0.294. The maximum Gasteiger partial charge on any atom is 0.337 e. The Labute approximate surface area is 140 Å². The highest BCUT2D eigenvalue weighted by atomic mass is 16.5. The number of hydrogen-bond donors (Lipinski definition) is 2. The fourth-order valence-corrected chi connectivity index (χ4v) is 1.92. The number of rotatable bonds is 6. The summed E-state index contributed by atoms with van der Waals surface area (Å²) in [5.41, 5.74) is 1.02. The minimum atomic E-state index is -0.466. The number of anilines is 2. The van der Waals surface area contributed by atoms with Crippen LogP contribution in [-0.4, -0.2) is 35.2 Å². The van der Waals surface area contributed by atoms with Crippen molar-refractivity contribution >= 4 is 23.4 Å². The number of benzene rings is 1. The first-order chi connectivity index (χ1) is 11.5. The number of amides is 1. The van der Waals surface area contributed by atoms with Crippen LogP contribution in [0.15, 0.2) is 36.4 Å². The number of ether oxygens (including phenoxy) is 1. The Morgan fingerprint density at radius 1 is 1.21 bits per heavy atom. The van der Waals surface area contributed by atoms with Crippen LogP contribution in [-0.2, 0) is 4.74 Å². The van der Waals surface area contributed by atoms with Gasteiger partial charge in [-0.1, -0.05) is 13.0 Å². The highest BCUT2D eigenvalue weighted by Gasteiger charge is 2.11. The van der Waals surface area contributed by atoms with Crippen LogP contribution < -0.4 is 10.6 Å². The molecule has 1 aromatic carbocycles. The summed E-state index contributed by atoms with van der Waals surface area (Å²) in [5.74, 6) is -0.250. The third-order valence-electron chi connectivity index (χ3n) is 3.45. The highest BCUT2D eigenvalue weighted by Crippen LogP contribution is 2.13. The Morgan fingerprint density at radius 2 is 2.00 bits per heavy atom. The molecule has 126 valence electrons. The van der Waals surface area contributed by atoms with Gasteiger partial charge in [0.2, 0.25) is 0 Å². The van der Waals surface area contributed by atoms with E-state index in [1.54, 1.807) is 30.3 Å². The summed E-state index contributed by atoms with van der Waals surface area (Å²) < 4.78 is 4.65. The van der Waals surface area contributed by atoms with Crippen molar-refractivity contribution in [1.29, 1.82) is 0 Å². The van der Waals surface area contributed by atoms with Crippen LogP contribution in [0.4, 0.5) is 11.5 Å². The molecule has 0 saturated heterocycles. The Bertz CT molecular complexity index is 716. The minimum absolute atomic E-state index is 0.188. The average molecular weight is 328 g/mol. The van der Waals surface area contributed by atoms with Gasteiger partial charge in [0.15, 0.2) is 5.69 Å². The summed E-state index contributed by atoms with van der Waals surface area (Å²) in [4.78, 5) is 23.7. The van der Waals surface area contributed by atoms with Gasteiger partial charge < -0.3 is 15.4 Å². The summed E-state index contributed by atoms with van der Waals surface area (Å²) in [5, 5.41) is 13.8. The van der Waals surface area contributed by atoms with Gasteiger partial charge in [-0.25, -0.2) is 4.79 Å². The Morgan fingerprint density at radius 3 is 2.62 bits per heavy atom. The van der Waals surface area contributed by atoms with Crippen LogP contribution in [0.2, 0.25) is 0 Å². The van der Waals surface area contributed by atoms with E-state index in [0.717, 1.165) is 6.42 Å². The molecule has 0 radical (unpaired) electrons. The van der Waals surface area contributed by atoms with Crippen molar-refractivity contribution in [1.82, 2.24) is 10.2 Å². The van der Waals surface area contributed by atoms with E-state index in [2.05, 4.69) is 32.5 Å². The molecule has 24 heavy (non-hydrogen) atoms. The Hall–Kier alpha value is -2.96. The Kier molecular flexibility index (Phi) is 5.83. The normalized spacial score (nSPS) is 11.5. The van der Waals surface area contributed by atoms with E-state index in [1.165, 1.54) is 13.2 Å². The van der Waals surface area contributed by atoms with Crippen molar-refractivity contribution in [2.24, 2.45) is 0 Å². The van der Waals surface area contributed by atoms with Gasteiger partial charge in [-0.05, 0) is 43.7 Å². The molecule has 0 saturated carbocycles. The highest BCUT2D eigenvalue weighted by molar-refractivity contribution is 6.03. The third-order valence-corrected chi connectivity index (χ3v) is 3.45. The van der Waals surface area contributed by atoms with Crippen molar-refractivity contribution in [2.75, 3.05) is 17.7 Å². The number of hydrogen-bond acceptors (Lipinski definition) is 6. The molecule has 1 atom stereocenters. The van der Waals surface area contributed by atoms with Crippen LogP contribution in [0.25, 0.3) is 0 Å². The van der Waals surface area contributed by atoms with Crippen molar-refractivity contribution in [2.45, 2.75) is 26.3 Å². The number of methoxy groups -OCH3 is 1. The smallest absolute Gasteiger partial charge is 0.337 e. The number of esters is 1. The number of carbonyl (C=O) groups excluding carboxylic acids is 2. The molecule has 1 unspecified atom stereocenters. The van der Waals surface area contributed by atoms with Crippen LogP contribution in [0.1, 0.15) is 41.1 Å². The van der Waals surface area contributed by atoms with Crippen LogP contribution in [0.5, 0.6) is 0 Å². The zero-order valence-electron chi connectivity index (χ0n) is 13.9. The molecule has 7 heteroatoms. The zero-order chi connectivity index (χ0) is 17.5. The molecular formula is C17H20N4O3. The summed E-state index contributed by atoms with van der Waals surface area (Å²) >= 11 is 0. The number of nitrogens with zero attached hydrogens (tertiary/aromatic N) is 2. The molecule has 2 aromatic rings. The molecule has 1 heterocycles. The minimum Gasteiger partial charge on any atom is -0.465 e. The fourth-order valence-electron chi connectivity index (χ4n) is 1.92. The van der Waals surface area contributed by atoms with Gasteiger partial charge in [0.25, 0.3) is 5.91 Å². The first-order valence-corrected chi connectivity index (χ1v) is 7.63. The summed E-state index contributed by atoms with van der Waals surface area (Å²) in [6.07, 6.45) is 0.959. The van der Waals surface area contributed by atoms with E-state index in [1.807, 2.05) is 6.92 Å². The third kappa shape index (κ3) is 4.52. The summed E-state index contributed by atoms with van der Waals surface area (Å²) in [6, 6.07) is 10.1. The van der Waals surface area contributed by atoms with E-state index in [9.17, 15) is 9.59 Å². The van der Waals surface area contributed by atoms with E-state index < -0.39 is 11.9 Å². The molecule has 1 amide bonds. The SMILES string of the molecule is CCC(C)Nc1ccc(C(=O)Nc2cccc(C(=O)OC)c2)nn1. The van der Waals surface area contributed by atoms with Crippen LogP contribution in [0, 0.1) is 0 Å². The molecule has 0 aliphatic carbocycles. The predicted molar refractivity (Wildman–Crippen MR) is 91.1 cm³/mol. The van der Waals surface area contributed by atoms with Crippen LogP contribution in [0.3, 0.4) is 0 Å². The number of aromatic nitrogens is 2. The number of carbonyl (C=O) groups is 2. The van der Waals surface area contributed by atoms with Crippen molar-refractivity contribution < 1.29 is 14.3 Å². The molecule has 2 N–H and O–H groups in total. The molecule has 0 spiro atoms.